The lowest BCUT2D eigenvalue weighted by Gasteiger charge is -2.03. The fourth-order valence-electron chi connectivity index (χ4n) is 1.17. The number of hydrogen-bond donors (Lipinski definition) is 2. The zero-order valence-corrected chi connectivity index (χ0v) is 7.97. The Kier molecular flexibility index (Phi) is 3.35. The van der Waals surface area contributed by atoms with Crippen LogP contribution in [0.4, 0.5) is 11.4 Å². The first-order valence-electron chi connectivity index (χ1n) is 4.33. The Morgan fingerprint density at radius 2 is 2.13 bits per heavy atom. The molecule has 0 bridgehead atoms. The van der Waals surface area contributed by atoms with Gasteiger partial charge in [-0.05, 0) is 12.6 Å². The van der Waals surface area contributed by atoms with Crippen molar-refractivity contribution in [3.05, 3.63) is 33.9 Å². The lowest BCUT2D eigenvalue weighted by atomic mass is 10.1. The Labute approximate surface area is 86.0 Å². The maximum Gasteiger partial charge on any atom is 0.270 e. The lowest BCUT2D eigenvalue weighted by molar-refractivity contribution is -0.384. The van der Waals surface area contributed by atoms with Crippen molar-refractivity contribution >= 4 is 17.2 Å². The van der Waals surface area contributed by atoms with Crippen molar-refractivity contribution in [1.82, 2.24) is 0 Å². The molecular weight excluding hydrogens is 198 g/mol. The Bertz CT molecular complexity index is 404. The average molecular weight is 209 g/mol. The third-order valence-electron chi connectivity index (χ3n) is 1.92. The van der Waals surface area contributed by atoms with E-state index in [-0.39, 0.29) is 35.7 Å². The number of hydrogen-bond acceptors (Lipinski definition) is 5. The van der Waals surface area contributed by atoms with E-state index in [4.69, 9.17) is 11.5 Å². The van der Waals surface area contributed by atoms with E-state index in [9.17, 15) is 14.9 Å². The monoisotopic (exact) mass is 209 g/mol. The van der Waals surface area contributed by atoms with Gasteiger partial charge in [0.25, 0.3) is 5.69 Å². The fourth-order valence-corrected chi connectivity index (χ4v) is 1.17. The summed E-state index contributed by atoms with van der Waals surface area (Å²) >= 11 is 0. The average Bonchev–Trinajstić information content (AvgIpc) is 2.18. The molecule has 0 fully saturated rings. The third-order valence-corrected chi connectivity index (χ3v) is 1.92. The van der Waals surface area contributed by atoms with E-state index in [1.54, 1.807) is 0 Å². The molecule has 6 heteroatoms. The highest BCUT2D eigenvalue weighted by molar-refractivity contribution is 6.01. The highest BCUT2D eigenvalue weighted by atomic mass is 16.6. The standard InChI is InChI=1S/C9H11N3O3/c10-4-3-9(13)7-5-6(12(14)15)1-2-8(7)11/h1-2,5H,3-4,10-11H2. The predicted molar refractivity (Wildman–Crippen MR) is 55.5 cm³/mol. The molecule has 0 radical (unpaired) electrons. The van der Waals surface area contributed by atoms with Crippen LogP contribution in [0, 0.1) is 10.1 Å². The van der Waals surface area contributed by atoms with E-state index in [1.165, 1.54) is 18.2 Å². The van der Waals surface area contributed by atoms with Gasteiger partial charge in [-0.1, -0.05) is 0 Å². The minimum absolute atomic E-state index is 0.130. The van der Waals surface area contributed by atoms with Gasteiger partial charge >= 0.3 is 0 Å². The Morgan fingerprint density at radius 3 is 2.67 bits per heavy atom. The number of anilines is 1. The molecule has 0 heterocycles. The van der Waals surface area contributed by atoms with Gasteiger partial charge in [0.1, 0.15) is 0 Å². The number of nitrogens with two attached hydrogens (primary N) is 2. The summed E-state index contributed by atoms with van der Waals surface area (Å²) in [6, 6.07) is 3.78. The molecule has 1 rings (SSSR count). The number of nitrogens with zero attached hydrogens (tertiary/aromatic N) is 1. The van der Waals surface area contributed by atoms with Crippen LogP contribution in [0.25, 0.3) is 0 Å². The summed E-state index contributed by atoms with van der Waals surface area (Å²) in [5, 5.41) is 10.5. The van der Waals surface area contributed by atoms with Crippen LogP contribution < -0.4 is 11.5 Å². The van der Waals surface area contributed by atoms with E-state index < -0.39 is 4.92 Å². The molecule has 15 heavy (non-hydrogen) atoms. The predicted octanol–water partition coefficient (Wildman–Crippen LogP) is 0.709. The van der Waals surface area contributed by atoms with Crippen LogP contribution in [0.15, 0.2) is 18.2 Å². The first-order chi connectivity index (χ1) is 7.06. The number of non-ortho nitro benzene ring substituents is 1. The van der Waals surface area contributed by atoms with Gasteiger partial charge < -0.3 is 11.5 Å². The smallest absolute Gasteiger partial charge is 0.270 e. The van der Waals surface area contributed by atoms with Crippen molar-refractivity contribution < 1.29 is 9.72 Å². The molecule has 0 amide bonds. The van der Waals surface area contributed by atoms with Gasteiger partial charge in [-0.2, -0.15) is 0 Å². The number of rotatable bonds is 4. The molecule has 0 aliphatic rings. The van der Waals surface area contributed by atoms with E-state index in [1.807, 2.05) is 0 Å². The van der Waals surface area contributed by atoms with E-state index >= 15 is 0 Å². The fraction of sp³-hybridized carbons (Fsp3) is 0.222. The Hall–Kier alpha value is -1.95. The minimum atomic E-state index is -0.571. The molecule has 80 valence electrons. The first kappa shape index (κ1) is 11.1. The summed E-state index contributed by atoms with van der Waals surface area (Å²) in [5.41, 5.74) is 11.0. The number of carbonyl (C=O) groups is 1. The van der Waals surface area contributed by atoms with Gasteiger partial charge in [0, 0.05) is 29.8 Å². The highest BCUT2D eigenvalue weighted by Gasteiger charge is 2.14. The van der Waals surface area contributed by atoms with Crippen LogP contribution in [-0.4, -0.2) is 17.3 Å². The lowest BCUT2D eigenvalue weighted by Crippen LogP contribution is -2.10. The maximum atomic E-state index is 11.5. The molecule has 0 spiro atoms. The largest absolute Gasteiger partial charge is 0.398 e. The van der Waals surface area contributed by atoms with Crippen LogP contribution in [-0.2, 0) is 0 Å². The summed E-state index contributed by atoms with van der Waals surface area (Å²) in [7, 11) is 0. The van der Waals surface area contributed by atoms with Crippen LogP contribution in [0.5, 0.6) is 0 Å². The summed E-state index contributed by atoms with van der Waals surface area (Å²) in [6.45, 7) is 0.195. The normalized spacial score (nSPS) is 9.93. The van der Waals surface area contributed by atoms with Crippen LogP contribution in [0.3, 0.4) is 0 Å². The SMILES string of the molecule is NCCC(=O)c1cc([N+](=O)[O-])ccc1N. The molecular formula is C9H11N3O3. The second kappa shape index (κ2) is 4.52. The van der Waals surface area contributed by atoms with Gasteiger partial charge in [-0.15, -0.1) is 0 Å². The topological polar surface area (TPSA) is 112 Å². The second-order valence-corrected chi connectivity index (χ2v) is 2.99. The molecule has 1 aromatic rings. The number of nitrogen functional groups attached to an aromatic ring is 1. The van der Waals surface area contributed by atoms with Crippen LogP contribution in [0.1, 0.15) is 16.8 Å². The molecule has 0 unspecified atom stereocenters. The van der Waals surface area contributed by atoms with E-state index in [0.29, 0.717) is 0 Å². The van der Waals surface area contributed by atoms with Gasteiger partial charge in [0.05, 0.1) is 4.92 Å². The number of carbonyl (C=O) groups excluding carboxylic acids is 1. The summed E-state index contributed by atoms with van der Waals surface area (Å²) < 4.78 is 0. The molecule has 4 N–H and O–H groups in total. The van der Waals surface area contributed by atoms with Gasteiger partial charge in [0.2, 0.25) is 0 Å². The number of nitro groups is 1. The van der Waals surface area contributed by atoms with Crippen molar-refractivity contribution in [1.29, 1.82) is 0 Å². The molecule has 1 aromatic carbocycles. The van der Waals surface area contributed by atoms with Crippen molar-refractivity contribution in [2.24, 2.45) is 5.73 Å². The molecule has 0 atom stereocenters. The molecule has 6 nitrogen and oxygen atoms in total. The van der Waals surface area contributed by atoms with Crippen molar-refractivity contribution in [2.45, 2.75) is 6.42 Å². The molecule has 0 aromatic heterocycles. The zero-order valence-electron chi connectivity index (χ0n) is 7.97. The second-order valence-electron chi connectivity index (χ2n) is 2.99. The van der Waals surface area contributed by atoms with Gasteiger partial charge in [0.15, 0.2) is 5.78 Å². The Balaban J connectivity index is 3.10. The first-order valence-corrected chi connectivity index (χ1v) is 4.33. The molecule has 0 aliphatic carbocycles. The number of Topliss-reactive ketones (excluding diaryl/α,β-unsaturated/α-hetero) is 1. The van der Waals surface area contributed by atoms with Crippen LogP contribution in [0.2, 0.25) is 0 Å². The summed E-state index contributed by atoms with van der Waals surface area (Å²) in [6.07, 6.45) is 0.130. The van der Waals surface area contributed by atoms with Crippen molar-refractivity contribution in [2.75, 3.05) is 12.3 Å². The number of ketones is 1. The number of benzene rings is 1. The van der Waals surface area contributed by atoms with Crippen molar-refractivity contribution in [3.63, 3.8) is 0 Å². The van der Waals surface area contributed by atoms with Crippen molar-refractivity contribution in [3.8, 4) is 0 Å². The quantitative estimate of drug-likeness (QED) is 0.328. The summed E-state index contributed by atoms with van der Waals surface area (Å²) in [4.78, 5) is 21.4. The highest BCUT2D eigenvalue weighted by Crippen LogP contribution is 2.20. The zero-order chi connectivity index (χ0) is 11.4. The van der Waals surface area contributed by atoms with Crippen LogP contribution >= 0.6 is 0 Å². The Morgan fingerprint density at radius 1 is 1.47 bits per heavy atom. The minimum Gasteiger partial charge on any atom is -0.398 e. The van der Waals surface area contributed by atoms with E-state index in [2.05, 4.69) is 0 Å². The maximum absolute atomic E-state index is 11.5. The van der Waals surface area contributed by atoms with Gasteiger partial charge in [-0.3, -0.25) is 14.9 Å². The van der Waals surface area contributed by atoms with E-state index in [0.717, 1.165) is 0 Å². The molecule has 0 saturated carbocycles. The van der Waals surface area contributed by atoms with Gasteiger partial charge in [-0.25, -0.2) is 0 Å². The summed E-state index contributed by atoms with van der Waals surface area (Å²) in [5.74, 6) is -0.279. The number of nitro benzene ring substituents is 1. The molecule has 0 aliphatic heterocycles. The molecule has 0 saturated heterocycles. The third kappa shape index (κ3) is 2.50.